The normalized spacial score (nSPS) is 29.4. The minimum Gasteiger partial charge on any atom is -0.447 e. The van der Waals surface area contributed by atoms with Crippen molar-refractivity contribution < 1.29 is 9.53 Å². The lowest BCUT2D eigenvalue weighted by Crippen LogP contribution is -2.63. The molecule has 1 amide bonds. The minimum absolute atomic E-state index is 0.0931. The Morgan fingerprint density at radius 1 is 1.24 bits per heavy atom. The van der Waals surface area contributed by atoms with Gasteiger partial charge in [0.1, 0.15) is 6.61 Å². The van der Waals surface area contributed by atoms with Crippen LogP contribution in [0.2, 0.25) is 0 Å². The highest BCUT2D eigenvalue weighted by Crippen LogP contribution is 2.35. The number of hydrogen-bond acceptors (Lipinski definition) is 3. The van der Waals surface area contributed by atoms with Gasteiger partial charge in [0, 0.05) is 25.7 Å². The Morgan fingerprint density at radius 2 is 1.95 bits per heavy atom. The Labute approximate surface area is 125 Å². The molecule has 2 heterocycles. The Kier molecular flexibility index (Phi) is 2.96. The van der Waals surface area contributed by atoms with Gasteiger partial charge in [0.25, 0.3) is 0 Å². The number of cyclic esters (lactones) is 1. The number of ether oxygens (including phenoxy) is 1. The SMILES string of the molecule is CCC12COC(=O)N1CCN(C1Cc3ccccc3C1)C2. The fraction of sp³-hybridized carbons (Fsp3) is 0.588. The molecule has 4 nitrogen and oxygen atoms in total. The first-order valence-electron chi connectivity index (χ1n) is 7.97. The molecule has 4 heteroatoms. The van der Waals surface area contributed by atoms with Gasteiger partial charge < -0.3 is 4.74 Å². The molecule has 2 saturated heterocycles. The molecule has 2 fully saturated rings. The third-order valence-corrected chi connectivity index (χ3v) is 5.57. The lowest BCUT2D eigenvalue weighted by Gasteiger charge is -2.46. The summed E-state index contributed by atoms with van der Waals surface area (Å²) in [4.78, 5) is 16.4. The fourth-order valence-corrected chi connectivity index (χ4v) is 4.20. The summed E-state index contributed by atoms with van der Waals surface area (Å²) in [5.41, 5.74) is 2.90. The Bertz CT molecular complexity index is 549. The summed E-state index contributed by atoms with van der Waals surface area (Å²) in [6, 6.07) is 9.36. The first-order chi connectivity index (χ1) is 10.2. The number of hydrogen-bond donors (Lipinski definition) is 0. The van der Waals surface area contributed by atoms with E-state index < -0.39 is 0 Å². The lowest BCUT2D eigenvalue weighted by molar-refractivity contribution is 0.0273. The zero-order valence-corrected chi connectivity index (χ0v) is 12.5. The Balaban J connectivity index is 1.53. The number of carbonyl (C=O) groups is 1. The van der Waals surface area contributed by atoms with Crippen molar-refractivity contribution in [2.45, 2.75) is 37.8 Å². The van der Waals surface area contributed by atoms with Gasteiger partial charge in [0.05, 0.1) is 5.54 Å². The Hall–Kier alpha value is -1.55. The molecule has 1 aliphatic carbocycles. The Morgan fingerprint density at radius 3 is 2.62 bits per heavy atom. The molecule has 1 aromatic carbocycles. The molecule has 0 saturated carbocycles. The zero-order valence-electron chi connectivity index (χ0n) is 12.5. The molecular formula is C17H22N2O2. The molecular weight excluding hydrogens is 264 g/mol. The van der Waals surface area contributed by atoms with Crippen molar-refractivity contribution >= 4 is 6.09 Å². The van der Waals surface area contributed by atoms with E-state index >= 15 is 0 Å². The summed E-state index contributed by atoms with van der Waals surface area (Å²) in [6.07, 6.45) is 3.14. The number of benzene rings is 1. The van der Waals surface area contributed by atoms with Crippen molar-refractivity contribution in [1.29, 1.82) is 0 Å². The highest BCUT2D eigenvalue weighted by molar-refractivity contribution is 5.71. The molecule has 21 heavy (non-hydrogen) atoms. The van der Waals surface area contributed by atoms with Crippen LogP contribution in [0.5, 0.6) is 0 Å². The van der Waals surface area contributed by atoms with Gasteiger partial charge in [-0.3, -0.25) is 9.80 Å². The van der Waals surface area contributed by atoms with Crippen LogP contribution in [-0.2, 0) is 17.6 Å². The maximum atomic E-state index is 11.9. The summed E-state index contributed by atoms with van der Waals surface area (Å²) < 4.78 is 5.33. The standard InChI is InChI=1S/C17H22N2O2/c1-2-17-11-18(7-8-19(17)16(20)21-12-17)15-9-13-5-3-4-6-14(13)10-15/h3-6,15H,2,7-12H2,1H3. The van der Waals surface area contributed by atoms with Crippen molar-refractivity contribution in [3.63, 3.8) is 0 Å². The number of carbonyl (C=O) groups excluding carboxylic acids is 1. The van der Waals surface area contributed by atoms with E-state index in [1.54, 1.807) is 0 Å². The minimum atomic E-state index is -0.119. The molecule has 2 aliphatic heterocycles. The molecule has 0 aromatic heterocycles. The van der Waals surface area contributed by atoms with Crippen molar-refractivity contribution in [2.75, 3.05) is 26.2 Å². The van der Waals surface area contributed by atoms with Gasteiger partial charge in [-0.2, -0.15) is 0 Å². The molecule has 0 spiro atoms. The van der Waals surface area contributed by atoms with Crippen LogP contribution >= 0.6 is 0 Å². The van der Waals surface area contributed by atoms with Crippen molar-refractivity contribution in [1.82, 2.24) is 9.80 Å². The van der Waals surface area contributed by atoms with Gasteiger partial charge in [0.15, 0.2) is 0 Å². The third kappa shape index (κ3) is 1.96. The molecule has 1 atom stereocenters. The molecule has 0 radical (unpaired) electrons. The quantitative estimate of drug-likeness (QED) is 0.834. The highest BCUT2D eigenvalue weighted by atomic mass is 16.6. The fourth-order valence-electron chi connectivity index (χ4n) is 4.20. The number of piperazine rings is 1. The van der Waals surface area contributed by atoms with Crippen molar-refractivity contribution in [2.24, 2.45) is 0 Å². The van der Waals surface area contributed by atoms with Crippen LogP contribution < -0.4 is 0 Å². The van der Waals surface area contributed by atoms with E-state index in [2.05, 4.69) is 36.1 Å². The van der Waals surface area contributed by atoms with Crippen LogP contribution in [0.4, 0.5) is 4.79 Å². The first kappa shape index (κ1) is 13.1. The van der Waals surface area contributed by atoms with E-state index in [0.29, 0.717) is 12.6 Å². The van der Waals surface area contributed by atoms with Crippen LogP contribution in [0.3, 0.4) is 0 Å². The van der Waals surface area contributed by atoms with E-state index in [-0.39, 0.29) is 11.6 Å². The van der Waals surface area contributed by atoms with Gasteiger partial charge in [-0.1, -0.05) is 31.2 Å². The van der Waals surface area contributed by atoms with E-state index in [4.69, 9.17) is 4.74 Å². The second-order valence-electron chi connectivity index (χ2n) is 6.59. The largest absolute Gasteiger partial charge is 0.447 e. The van der Waals surface area contributed by atoms with Gasteiger partial charge in [0.2, 0.25) is 0 Å². The summed E-state index contributed by atoms with van der Waals surface area (Å²) in [5, 5.41) is 0. The second kappa shape index (κ2) is 4.73. The molecule has 3 aliphatic rings. The summed E-state index contributed by atoms with van der Waals surface area (Å²) in [5.74, 6) is 0. The summed E-state index contributed by atoms with van der Waals surface area (Å²) in [6.45, 7) is 5.45. The van der Waals surface area contributed by atoms with E-state index in [0.717, 1.165) is 38.9 Å². The van der Waals surface area contributed by atoms with E-state index in [1.165, 1.54) is 11.1 Å². The topological polar surface area (TPSA) is 32.8 Å². The first-order valence-corrected chi connectivity index (χ1v) is 7.97. The molecule has 0 bridgehead atoms. The lowest BCUT2D eigenvalue weighted by atomic mass is 9.91. The van der Waals surface area contributed by atoms with Crippen molar-refractivity contribution in [3.8, 4) is 0 Å². The maximum Gasteiger partial charge on any atom is 0.410 e. The van der Waals surface area contributed by atoms with Crippen molar-refractivity contribution in [3.05, 3.63) is 35.4 Å². The number of rotatable bonds is 2. The van der Waals surface area contributed by atoms with E-state index in [1.807, 2.05) is 4.90 Å². The summed E-state index contributed by atoms with van der Waals surface area (Å²) in [7, 11) is 0. The molecule has 112 valence electrons. The smallest absolute Gasteiger partial charge is 0.410 e. The second-order valence-corrected chi connectivity index (χ2v) is 6.59. The zero-order chi connectivity index (χ0) is 14.4. The third-order valence-electron chi connectivity index (χ3n) is 5.57. The molecule has 0 N–H and O–H groups in total. The number of amides is 1. The predicted octanol–water partition coefficient (Wildman–Crippen LogP) is 2.07. The molecule has 4 rings (SSSR count). The van der Waals surface area contributed by atoms with Crippen LogP contribution in [0.15, 0.2) is 24.3 Å². The van der Waals surface area contributed by atoms with E-state index in [9.17, 15) is 4.79 Å². The van der Waals surface area contributed by atoms with Crippen LogP contribution in [0.25, 0.3) is 0 Å². The summed E-state index contributed by atoms with van der Waals surface area (Å²) >= 11 is 0. The average molecular weight is 286 g/mol. The maximum absolute atomic E-state index is 11.9. The highest BCUT2D eigenvalue weighted by Gasteiger charge is 2.50. The van der Waals surface area contributed by atoms with Gasteiger partial charge in [-0.05, 0) is 30.4 Å². The molecule has 1 aromatic rings. The van der Waals surface area contributed by atoms with Crippen LogP contribution in [0.1, 0.15) is 24.5 Å². The number of nitrogens with zero attached hydrogens (tertiary/aromatic N) is 2. The molecule has 1 unspecified atom stereocenters. The van der Waals surface area contributed by atoms with Gasteiger partial charge in [-0.15, -0.1) is 0 Å². The van der Waals surface area contributed by atoms with Gasteiger partial charge >= 0.3 is 6.09 Å². The van der Waals surface area contributed by atoms with Gasteiger partial charge in [-0.25, -0.2) is 4.79 Å². The van der Waals surface area contributed by atoms with Crippen LogP contribution in [0, 0.1) is 0 Å². The average Bonchev–Trinajstić information content (AvgIpc) is 3.09. The number of fused-ring (bicyclic) bond motifs is 2. The monoisotopic (exact) mass is 286 g/mol. The predicted molar refractivity (Wildman–Crippen MR) is 80.3 cm³/mol. The van der Waals surface area contributed by atoms with Crippen LogP contribution in [-0.4, -0.2) is 53.7 Å².